The zero-order valence-corrected chi connectivity index (χ0v) is 23.3. The summed E-state index contributed by atoms with van der Waals surface area (Å²) in [6, 6.07) is 10.5. The third-order valence-corrected chi connectivity index (χ3v) is 7.24. The number of fused-ring (bicyclic) bond motifs is 2. The molecule has 0 N–H and O–H groups in total. The summed E-state index contributed by atoms with van der Waals surface area (Å²) in [5.41, 5.74) is -2.01. The normalized spacial score (nSPS) is 16.6. The van der Waals surface area contributed by atoms with Gasteiger partial charge in [-0.25, -0.2) is 9.48 Å². The van der Waals surface area contributed by atoms with Crippen LogP contribution >= 0.6 is 0 Å². The van der Waals surface area contributed by atoms with Gasteiger partial charge in [0.15, 0.2) is 17.2 Å². The molecule has 4 aromatic rings. The minimum absolute atomic E-state index is 0.0178. The Hall–Kier alpha value is -5.25. The van der Waals surface area contributed by atoms with Gasteiger partial charge in [0.1, 0.15) is 6.04 Å². The maximum absolute atomic E-state index is 14.2. The lowest BCUT2D eigenvalue weighted by Gasteiger charge is -2.27. The van der Waals surface area contributed by atoms with Gasteiger partial charge in [0.25, 0.3) is 11.5 Å². The monoisotopic (exact) mass is 632 g/mol. The van der Waals surface area contributed by atoms with E-state index >= 15 is 0 Å². The number of carbonyl (C=O) groups excluding carboxylic acids is 2. The van der Waals surface area contributed by atoms with Crippen molar-refractivity contribution in [1.82, 2.24) is 14.3 Å². The number of hydrogen-bond acceptors (Lipinski definition) is 8. The van der Waals surface area contributed by atoms with E-state index < -0.39 is 48.2 Å². The number of amides is 1. The summed E-state index contributed by atoms with van der Waals surface area (Å²) in [5, 5.41) is 3.85. The van der Waals surface area contributed by atoms with Crippen molar-refractivity contribution in [2.24, 2.45) is 0 Å². The Morgan fingerprint density at radius 1 is 1.04 bits per heavy atom. The van der Waals surface area contributed by atoms with Crippen LogP contribution in [0, 0.1) is 0 Å². The summed E-state index contributed by atoms with van der Waals surface area (Å²) in [6.07, 6.45) is -7.59. The molecule has 2 aliphatic rings. The molecule has 0 saturated carbocycles. The molecule has 16 heteroatoms. The van der Waals surface area contributed by atoms with Crippen molar-refractivity contribution in [3.8, 4) is 17.2 Å². The number of nitrogens with zero attached hydrogens (tertiary/aromatic N) is 4. The average molecular weight is 632 g/mol. The van der Waals surface area contributed by atoms with Crippen LogP contribution in [0.25, 0.3) is 5.69 Å². The number of carbonyl (C=O) groups is 2. The minimum atomic E-state index is -4.90. The Bertz CT molecular complexity index is 1900. The van der Waals surface area contributed by atoms with Crippen molar-refractivity contribution >= 4 is 17.6 Å². The number of alkyl halides is 5. The highest BCUT2D eigenvalue weighted by molar-refractivity contribution is 6.06. The lowest BCUT2D eigenvalue weighted by atomic mass is 10.0. The average Bonchev–Trinajstić information content (AvgIpc) is 3.56. The number of methoxy groups -OCH3 is 1. The van der Waals surface area contributed by atoms with E-state index in [-0.39, 0.29) is 51.9 Å². The first-order chi connectivity index (χ1) is 21.3. The number of pyridine rings is 1. The summed E-state index contributed by atoms with van der Waals surface area (Å²) in [6.45, 7) is -0.693. The molecule has 11 nitrogen and oxygen atoms in total. The van der Waals surface area contributed by atoms with E-state index in [1.54, 1.807) is 0 Å². The molecular weight excluding hydrogens is 611 g/mol. The van der Waals surface area contributed by atoms with Gasteiger partial charge in [-0.05, 0) is 36.4 Å². The fraction of sp³-hybridized carbons (Fsp3) is 0.241. The molecule has 0 radical (unpaired) electrons. The predicted molar refractivity (Wildman–Crippen MR) is 144 cm³/mol. The van der Waals surface area contributed by atoms with Crippen molar-refractivity contribution in [3.63, 3.8) is 0 Å². The van der Waals surface area contributed by atoms with E-state index in [0.717, 1.165) is 33.5 Å². The molecule has 0 aliphatic carbocycles. The van der Waals surface area contributed by atoms with E-state index in [2.05, 4.69) is 14.6 Å². The molecule has 45 heavy (non-hydrogen) atoms. The van der Waals surface area contributed by atoms with E-state index in [9.17, 15) is 36.3 Å². The van der Waals surface area contributed by atoms with Crippen LogP contribution in [0.4, 0.5) is 27.6 Å². The standard InChI is InChI=1S/C29H21F5N4O7/c1-36(17-7-8-21-22(11-17)45-29(33,34)44-21)26(40)15-4-3-5-18(10-15)38-24-19(25(35-38)28(30,31)32)13-43-14-20(24)37-12-16(27(41)42-2)6-9-23(37)39/h3-12,20H,13-14H2,1-2H3. The molecule has 2 aromatic carbocycles. The highest BCUT2D eigenvalue weighted by atomic mass is 19.4. The SMILES string of the molecule is COC(=O)c1ccc(=O)n(C2COCc3c(C(F)(F)F)nn(-c4cccc(C(=O)N(C)c5ccc6c(c5)OC(F)(F)O6)c4)c32)c1. The van der Waals surface area contributed by atoms with Gasteiger partial charge in [0.2, 0.25) is 0 Å². The van der Waals surface area contributed by atoms with Gasteiger partial charge in [-0.15, -0.1) is 8.78 Å². The van der Waals surface area contributed by atoms with E-state index in [0.29, 0.717) is 0 Å². The molecule has 0 bridgehead atoms. The first kappa shape index (κ1) is 29.8. The fourth-order valence-electron chi connectivity index (χ4n) is 5.15. The summed E-state index contributed by atoms with van der Waals surface area (Å²) in [4.78, 5) is 39.6. The Balaban J connectivity index is 1.42. The molecule has 2 aliphatic heterocycles. The minimum Gasteiger partial charge on any atom is -0.465 e. The molecule has 2 aromatic heterocycles. The Labute approximate surface area is 249 Å². The quantitative estimate of drug-likeness (QED) is 0.233. The van der Waals surface area contributed by atoms with Crippen LogP contribution in [0.1, 0.15) is 43.7 Å². The highest BCUT2D eigenvalue weighted by Gasteiger charge is 2.44. The molecule has 0 spiro atoms. The van der Waals surface area contributed by atoms with Gasteiger partial charge in [-0.2, -0.15) is 18.3 Å². The summed E-state index contributed by atoms with van der Waals surface area (Å²) in [7, 11) is 2.51. The zero-order chi connectivity index (χ0) is 32.3. The number of hydrogen-bond donors (Lipinski definition) is 0. The molecule has 234 valence electrons. The first-order valence-electron chi connectivity index (χ1n) is 13.1. The van der Waals surface area contributed by atoms with Crippen LogP contribution in [0.3, 0.4) is 0 Å². The van der Waals surface area contributed by atoms with E-state index in [1.807, 2.05) is 0 Å². The van der Waals surface area contributed by atoms with Crippen molar-refractivity contribution < 1.29 is 50.5 Å². The number of halogens is 5. The van der Waals surface area contributed by atoms with Gasteiger partial charge in [0, 0.05) is 42.2 Å². The largest absolute Gasteiger partial charge is 0.586 e. The number of aromatic nitrogens is 3. The van der Waals surface area contributed by atoms with Crippen molar-refractivity contribution in [3.05, 3.63) is 99.2 Å². The molecule has 0 saturated heterocycles. The molecule has 6 rings (SSSR count). The second-order valence-corrected chi connectivity index (χ2v) is 10.0. The van der Waals surface area contributed by atoms with Crippen LogP contribution in [0.2, 0.25) is 0 Å². The molecule has 1 amide bonds. The van der Waals surface area contributed by atoms with Crippen molar-refractivity contribution in [2.75, 3.05) is 25.7 Å². The van der Waals surface area contributed by atoms with Crippen LogP contribution in [0.15, 0.2) is 65.6 Å². The number of anilines is 1. The van der Waals surface area contributed by atoms with Crippen molar-refractivity contribution in [1.29, 1.82) is 0 Å². The van der Waals surface area contributed by atoms with E-state index in [4.69, 9.17) is 9.47 Å². The Morgan fingerprint density at radius 3 is 2.53 bits per heavy atom. The number of ether oxygens (including phenoxy) is 4. The van der Waals surface area contributed by atoms with Gasteiger partial charge < -0.3 is 28.4 Å². The summed E-state index contributed by atoms with van der Waals surface area (Å²) < 4.78 is 90.6. The molecular formula is C29H21F5N4O7. The maximum Gasteiger partial charge on any atom is 0.586 e. The number of esters is 1. The lowest BCUT2D eigenvalue weighted by molar-refractivity contribution is -0.286. The molecule has 0 fully saturated rings. The van der Waals surface area contributed by atoms with Crippen molar-refractivity contribution in [2.45, 2.75) is 25.1 Å². The predicted octanol–water partition coefficient (Wildman–Crippen LogP) is 4.56. The third-order valence-electron chi connectivity index (χ3n) is 7.24. The molecule has 4 heterocycles. The van der Waals surface area contributed by atoms with E-state index in [1.165, 1.54) is 55.6 Å². The molecule has 1 unspecified atom stereocenters. The Morgan fingerprint density at radius 2 is 1.80 bits per heavy atom. The third kappa shape index (κ3) is 5.37. The highest BCUT2D eigenvalue weighted by Crippen LogP contribution is 2.43. The Kier molecular flexibility index (Phi) is 7.10. The van der Waals surface area contributed by atoms with Crippen LogP contribution in [-0.4, -0.2) is 53.3 Å². The van der Waals surface area contributed by atoms with Gasteiger partial charge in [-0.3, -0.25) is 9.59 Å². The first-order valence-corrected chi connectivity index (χ1v) is 13.1. The maximum atomic E-state index is 14.2. The van der Waals surface area contributed by atoms with Crippen LogP contribution < -0.4 is 19.9 Å². The lowest BCUT2D eigenvalue weighted by Crippen LogP contribution is -2.33. The summed E-state index contributed by atoms with van der Waals surface area (Å²) >= 11 is 0. The number of benzene rings is 2. The van der Waals surface area contributed by atoms with Gasteiger partial charge in [-0.1, -0.05) is 6.07 Å². The smallest absolute Gasteiger partial charge is 0.465 e. The second kappa shape index (κ2) is 10.7. The number of rotatable bonds is 5. The topological polar surface area (TPSA) is 114 Å². The van der Waals surface area contributed by atoms with Crippen LogP contribution in [0.5, 0.6) is 11.5 Å². The van der Waals surface area contributed by atoms with Crippen LogP contribution in [-0.2, 0) is 22.3 Å². The summed E-state index contributed by atoms with van der Waals surface area (Å²) in [5.74, 6) is -1.91. The van der Waals surface area contributed by atoms with Gasteiger partial charge in [0.05, 0.1) is 37.3 Å². The zero-order valence-electron chi connectivity index (χ0n) is 23.3. The van der Waals surface area contributed by atoms with Gasteiger partial charge >= 0.3 is 18.4 Å². The molecule has 1 atom stereocenters. The fourth-order valence-corrected chi connectivity index (χ4v) is 5.15. The second-order valence-electron chi connectivity index (χ2n) is 10.0.